The van der Waals surface area contributed by atoms with Crippen LogP contribution in [0.15, 0.2) is 33.5 Å². The molecule has 1 saturated heterocycles. The monoisotopic (exact) mass is 362 g/mol. The molecule has 126 valence electrons. The molecule has 8 heteroatoms. The van der Waals surface area contributed by atoms with Crippen LogP contribution in [0.3, 0.4) is 0 Å². The minimum atomic E-state index is -0.592. The molecule has 0 aromatic carbocycles. The Kier molecular flexibility index (Phi) is 4.43. The minimum absolute atomic E-state index is 0.239. The molecule has 1 aliphatic rings. The number of rotatable bonds is 5. The van der Waals surface area contributed by atoms with Crippen molar-refractivity contribution < 1.29 is 9.52 Å². The van der Waals surface area contributed by atoms with E-state index in [0.29, 0.717) is 12.2 Å². The van der Waals surface area contributed by atoms with Crippen LogP contribution in [0.4, 0.5) is 5.82 Å². The molecule has 3 aromatic heterocycles. The fourth-order valence-electron chi connectivity index (χ4n) is 3.23. The molecule has 1 N–H and O–H groups in total. The Hall–Kier alpha value is -1.64. The summed E-state index contributed by atoms with van der Waals surface area (Å²) >= 11 is 3.26. The molecule has 3 aromatic rings. The van der Waals surface area contributed by atoms with E-state index >= 15 is 0 Å². The standard InChI is InChI=1S/C16H18N4O2S2/c1-23-16-19-14-13(24-16)15(18-9-17-14)20-6-2-4-10(20)8-11(21)12-5-3-7-22-12/h3,5,7,9-11,21H,2,4,6,8H2,1H3. The fourth-order valence-corrected chi connectivity index (χ4v) is 4.75. The van der Waals surface area contributed by atoms with Gasteiger partial charge in [0.15, 0.2) is 15.8 Å². The number of thioether (sulfide) groups is 1. The van der Waals surface area contributed by atoms with E-state index in [2.05, 4.69) is 19.9 Å². The molecule has 4 heterocycles. The summed E-state index contributed by atoms with van der Waals surface area (Å²) in [5.41, 5.74) is 0.756. The summed E-state index contributed by atoms with van der Waals surface area (Å²) in [4.78, 5) is 15.6. The second kappa shape index (κ2) is 6.70. The maximum atomic E-state index is 10.4. The molecule has 24 heavy (non-hydrogen) atoms. The highest BCUT2D eigenvalue weighted by molar-refractivity contribution is 8.00. The van der Waals surface area contributed by atoms with Gasteiger partial charge in [-0.25, -0.2) is 15.0 Å². The molecule has 0 saturated carbocycles. The zero-order valence-electron chi connectivity index (χ0n) is 13.3. The predicted molar refractivity (Wildman–Crippen MR) is 95.6 cm³/mol. The van der Waals surface area contributed by atoms with Crippen LogP contribution in [0, 0.1) is 0 Å². The average Bonchev–Trinajstić information content (AvgIpc) is 3.33. The fraction of sp³-hybridized carbons (Fsp3) is 0.438. The summed E-state index contributed by atoms with van der Waals surface area (Å²) < 4.78 is 7.36. The van der Waals surface area contributed by atoms with Crippen LogP contribution in [-0.4, -0.2) is 38.9 Å². The molecule has 0 radical (unpaired) electrons. The topological polar surface area (TPSA) is 75.3 Å². The number of aromatic nitrogens is 3. The highest BCUT2D eigenvalue weighted by Gasteiger charge is 2.30. The van der Waals surface area contributed by atoms with E-state index < -0.39 is 6.10 Å². The van der Waals surface area contributed by atoms with Crippen molar-refractivity contribution in [1.82, 2.24) is 15.0 Å². The lowest BCUT2D eigenvalue weighted by molar-refractivity contribution is 0.132. The SMILES string of the molecule is CSc1nc2ncnc(N3CCCC3CC(O)c3ccco3)c2s1. The molecule has 1 aliphatic heterocycles. The Labute approximate surface area is 147 Å². The third kappa shape index (κ3) is 2.89. The third-order valence-electron chi connectivity index (χ3n) is 4.34. The zero-order chi connectivity index (χ0) is 16.5. The van der Waals surface area contributed by atoms with Gasteiger partial charge in [0.1, 0.15) is 22.9 Å². The number of hydrogen-bond donors (Lipinski definition) is 1. The third-order valence-corrected chi connectivity index (χ3v) is 6.37. The zero-order valence-corrected chi connectivity index (χ0v) is 14.9. The van der Waals surface area contributed by atoms with E-state index in [4.69, 9.17) is 4.42 Å². The summed E-state index contributed by atoms with van der Waals surface area (Å²) in [5, 5.41) is 10.4. The van der Waals surface area contributed by atoms with E-state index in [1.54, 1.807) is 41.8 Å². The summed E-state index contributed by atoms with van der Waals surface area (Å²) in [5.74, 6) is 1.56. The number of anilines is 1. The van der Waals surface area contributed by atoms with Gasteiger partial charge in [-0.3, -0.25) is 0 Å². The molecule has 0 spiro atoms. The van der Waals surface area contributed by atoms with Crippen molar-refractivity contribution in [2.24, 2.45) is 0 Å². The highest BCUT2D eigenvalue weighted by atomic mass is 32.2. The quantitative estimate of drug-likeness (QED) is 0.696. The number of furan rings is 1. The number of hydrogen-bond acceptors (Lipinski definition) is 8. The molecular weight excluding hydrogens is 344 g/mol. The van der Waals surface area contributed by atoms with Gasteiger partial charge in [0.05, 0.1) is 6.26 Å². The molecule has 1 fully saturated rings. The van der Waals surface area contributed by atoms with Gasteiger partial charge >= 0.3 is 0 Å². The minimum Gasteiger partial charge on any atom is -0.467 e. The van der Waals surface area contributed by atoms with Crippen molar-refractivity contribution in [1.29, 1.82) is 0 Å². The Morgan fingerprint density at radius 3 is 3.21 bits per heavy atom. The van der Waals surface area contributed by atoms with Crippen LogP contribution in [0.25, 0.3) is 10.3 Å². The number of aliphatic hydroxyl groups excluding tert-OH is 1. The van der Waals surface area contributed by atoms with Crippen LogP contribution in [0.5, 0.6) is 0 Å². The van der Waals surface area contributed by atoms with Gasteiger partial charge in [-0.2, -0.15) is 0 Å². The van der Waals surface area contributed by atoms with Gasteiger partial charge in [0, 0.05) is 19.0 Å². The van der Waals surface area contributed by atoms with E-state index in [1.807, 2.05) is 12.3 Å². The molecular formula is C16H18N4O2S2. The first-order chi connectivity index (χ1) is 11.8. The normalized spacial score (nSPS) is 19.2. The summed E-state index contributed by atoms with van der Waals surface area (Å²) in [6.45, 7) is 0.939. The number of thiazole rings is 1. The van der Waals surface area contributed by atoms with Crippen LogP contribution in [-0.2, 0) is 0 Å². The summed E-state index contributed by atoms with van der Waals surface area (Å²) in [6.07, 6.45) is 7.37. The van der Waals surface area contributed by atoms with Crippen molar-refractivity contribution in [3.63, 3.8) is 0 Å². The van der Waals surface area contributed by atoms with Crippen molar-refractivity contribution in [3.8, 4) is 0 Å². The first-order valence-electron chi connectivity index (χ1n) is 7.90. The van der Waals surface area contributed by atoms with Gasteiger partial charge < -0.3 is 14.4 Å². The van der Waals surface area contributed by atoms with Crippen LogP contribution < -0.4 is 4.90 Å². The first-order valence-corrected chi connectivity index (χ1v) is 9.94. The summed E-state index contributed by atoms with van der Waals surface area (Å²) in [6, 6.07) is 3.86. The maximum absolute atomic E-state index is 10.4. The van der Waals surface area contributed by atoms with Gasteiger partial charge in [-0.05, 0) is 31.2 Å². The Balaban J connectivity index is 1.62. The second-order valence-corrected chi connectivity index (χ2v) is 7.84. The van der Waals surface area contributed by atoms with Crippen molar-refractivity contribution >= 4 is 39.3 Å². The average molecular weight is 362 g/mol. The number of nitrogens with zero attached hydrogens (tertiary/aromatic N) is 4. The van der Waals surface area contributed by atoms with Gasteiger partial charge in [0.2, 0.25) is 0 Å². The lowest BCUT2D eigenvalue weighted by Crippen LogP contribution is -2.31. The molecule has 0 amide bonds. The molecule has 0 aliphatic carbocycles. The maximum Gasteiger partial charge on any atom is 0.176 e. The van der Waals surface area contributed by atoms with Crippen LogP contribution in [0.1, 0.15) is 31.1 Å². The largest absolute Gasteiger partial charge is 0.467 e. The number of fused-ring (bicyclic) bond motifs is 1. The van der Waals surface area contributed by atoms with Gasteiger partial charge in [-0.15, -0.1) is 11.3 Å². The Bertz CT molecular complexity index is 821. The lowest BCUT2D eigenvalue weighted by atomic mass is 10.1. The number of aliphatic hydroxyl groups is 1. The van der Waals surface area contributed by atoms with Crippen molar-refractivity contribution in [3.05, 3.63) is 30.5 Å². The van der Waals surface area contributed by atoms with Crippen molar-refractivity contribution in [2.45, 2.75) is 35.7 Å². The summed E-state index contributed by atoms with van der Waals surface area (Å²) in [7, 11) is 0. The van der Waals surface area contributed by atoms with E-state index in [0.717, 1.165) is 39.9 Å². The lowest BCUT2D eigenvalue weighted by Gasteiger charge is -2.27. The van der Waals surface area contributed by atoms with E-state index in [1.165, 1.54) is 0 Å². The van der Waals surface area contributed by atoms with E-state index in [9.17, 15) is 5.11 Å². The second-order valence-electron chi connectivity index (χ2n) is 5.79. The van der Waals surface area contributed by atoms with E-state index in [-0.39, 0.29) is 6.04 Å². The predicted octanol–water partition coefficient (Wildman–Crippen LogP) is 3.49. The smallest absolute Gasteiger partial charge is 0.176 e. The molecule has 2 unspecified atom stereocenters. The Morgan fingerprint density at radius 1 is 1.50 bits per heavy atom. The first kappa shape index (κ1) is 15.9. The van der Waals surface area contributed by atoms with Crippen LogP contribution >= 0.6 is 23.1 Å². The molecule has 4 rings (SSSR count). The molecule has 2 atom stereocenters. The van der Waals surface area contributed by atoms with Crippen molar-refractivity contribution in [2.75, 3.05) is 17.7 Å². The van der Waals surface area contributed by atoms with Gasteiger partial charge in [-0.1, -0.05) is 11.8 Å². The Morgan fingerprint density at radius 2 is 2.42 bits per heavy atom. The van der Waals surface area contributed by atoms with Crippen LogP contribution in [0.2, 0.25) is 0 Å². The highest BCUT2D eigenvalue weighted by Crippen LogP contribution is 2.37. The molecule has 6 nitrogen and oxygen atoms in total. The van der Waals surface area contributed by atoms with Gasteiger partial charge in [0.25, 0.3) is 0 Å². The molecule has 0 bridgehead atoms.